The Labute approximate surface area is 94.2 Å². The van der Waals surface area contributed by atoms with Gasteiger partial charge in [0.15, 0.2) is 0 Å². The Morgan fingerprint density at radius 2 is 1.88 bits per heavy atom. The smallest absolute Gasteiger partial charge is 0.416 e. The van der Waals surface area contributed by atoms with Gasteiger partial charge >= 0.3 is 6.18 Å². The highest BCUT2D eigenvalue weighted by Gasteiger charge is 2.32. The van der Waals surface area contributed by atoms with E-state index in [4.69, 9.17) is 10.7 Å². The van der Waals surface area contributed by atoms with Crippen molar-refractivity contribution < 1.29 is 26.3 Å². The summed E-state index contributed by atoms with van der Waals surface area (Å²) in [5, 5.41) is 0. The van der Waals surface area contributed by atoms with Gasteiger partial charge in [-0.05, 0) is 18.2 Å². The second kappa shape index (κ2) is 4.14. The number of hydrogen-bond acceptors (Lipinski definition) is 3. The maximum atomic E-state index is 12.3. The quantitative estimate of drug-likeness (QED) is 0.779. The molecule has 0 aliphatic heterocycles. The van der Waals surface area contributed by atoms with Crippen LogP contribution in [0.5, 0.6) is 5.75 Å². The lowest BCUT2D eigenvalue weighted by Gasteiger charge is -2.10. The Balaban J connectivity index is 3.40. The molecule has 0 heterocycles. The molecule has 0 amide bonds. The minimum absolute atomic E-state index is 0.440. The van der Waals surface area contributed by atoms with Crippen molar-refractivity contribution in [3.63, 3.8) is 0 Å². The first-order valence-electron chi connectivity index (χ1n) is 3.86. The van der Waals surface area contributed by atoms with Crippen molar-refractivity contribution >= 4 is 19.7 Å². The van der Waals surface area contributed by atoms with Gasteiger partial charge in [-0.2, -0.15) is 13.2 Å². The van der Waals surface area contributed by atoms with Crippen molar-refractivity contribution in [1.29, 1.82) is 0 Å². The molecular formula is C8H6ClF3O3S. The van der Waals surface area contributed by atoms with Crippen molar-refractivity contribution in [2.75, 3.05) is 7.11 Å². The van der Waals surface area contributed by atoms with Crippen molar-refractivity contribution in [3.05, 3.63) is 23.8 Å². The molecule has 1 aromatic rings. The first-order valence-corrected chi connectivity index (χ1v) is 6.17. The van der Waals surface area contributed by atoms with Crippen LogP contribution >= 0.6 is 10.7 Å². The van der Waals surface area contributed by atoms with Crippen molar-refractivity contribution in [3.8, 4) is 5.75 Å². The van der Waals surface area contributed by atoms with Gasteiger partial charge in [-0.1, -0.05) is 0 Å². The van der Waals surface area contributed by atoms with E-state index >= 15 is 0 Å². The van der Waals surface area contributed by atoms with Gasteiger partial charge in [-0.25, -0.2) is 8.42 Å². The summed E-state index contributed by atoms with van der Waals surface area (Å²) in [6, 6.07) is 1.96. The van der Waals surface area contributed by atoms with Gasteiger partial charge in [0.2, 0.25) is 0 Å². The molecule has 0 atom stereocenters. The molecule has 0 radical (unpaired) electrons. The van der Waals surface area contributed by atoms with Gasteiger partial charge in [0, 0.05) is 10.7 Å². The molecule has 0 fully saturated rings. The zero-order valence-corrected chi connectivity index (χ0v) is 9.45. The number of alkyl halides is 3. The lowest BCUT2D eigenvalue weighted by atomic mass is 10.2. The van der Waals surface area contributed by atoms with E-state index in [0.29, 0.717) is 12.1 Å². The van der Waals surface area contributed by atoms with Crippen molar-refractivity contribution in [2.24, 2.45) is 0 Å². The van der Waals surface area contributed by atoms with Crippen LogP contribution in [-0.2, 0) is 15.2 Å². The fraction of sp³-hybridized carbons (Fsp3) is 0.250. The monoisotopic (exact) mass is 274 g/mol. The molecule has 90 valence electrons. The molecule has 0 bridgehead atoms. The average molecular weight is 275 g/mol. The van der Waals surface area contributed by atoms with Crippen LogP contribution in [0.25, 0.3) is 0 Å². The molecule has 0 aliphatic carbocycles. The highest BCUT2D eigenvalue weighted by atomic mass is 35.7. The molecule has 0 unspecified atom stereocenters. The summed E-state index contributed by atoms with van der Waals surface area (Å²) in [6.07, 6.45) is -4.57. The largest absolute Gasteiger partial charge is 0.495 e. The van der Waals surface area contributed by atoms with E-state index in [1.807, 2.05) is 0 Å². The second-order valence-corrected chi connectivity index (χ2v) is 5.34. The van der Waals surface area contributed by atoms with Crippen molar-refractivity contribution in [2.45, 2.75) is 11.1 Å². The van der Waals surface area contributed by atoms with Crippen LogP contribution in [0.3, 0.4) is 0 Å². The molecule has 0 aliphatic rings. The van der Waals surface area contributed by atoms with E-state index in [-0.39, 0.29) is 0 Å². The molecule has 0 aromatic heterocycles. The highest BCUT2D eigenvalue weighted by Crippen LogP contribution is 2.35. The Kier molecular flexibility index (Phi) is 3.39. The summed E-state index contributed by atoms with van der Waals surface area (Å²) in [6.45, 7) is 0. The van der Waals surface area contributed by atoms with E-state index in [2.05, 4.69) is 4.74 Å². The third-order valence-corrected chi connectivity index (χ3v) is 3.11. The fourth-order valence-electron chi connectivity index (χ4n) is 1.05. The first-order chi connectivity index (χ1) is 7.16. The van der Waals surface area contributed by atoms with Crippen LogP contribution < -0.4 is 4.74 Å². The van der Waals surface area contributed by atoms with Gasteiger partial charge in [0.05, 0.1) is 12.7 Å². The molecule has 0 spiro atoms. The first kappa shape index (κ1) is 13.1. The Morgan fingerprint density at radius 3 is 2.25 bits per heavy atom. The molecule has 3 nitrogen and oxygen atoms in total. The highest BCUT2D eigenvalue weighted by molar-refractivity contribution is 8.13. The standard InChI is InChI=1S/C8H6ClF3O3S/c1-15-6-4-5(8(10,11)12)2-3-7(6)16(9,13)14/h2-4H,1H3. The number of benzene rings is 1. The van der Waals surface area contributed by atoms with E-state index in [1.165, 1.54) is 0 Å². The second-order valence-electron chi connectivity index (χ2n) is 2.80. The van der Waals surface area contributed by atoms with E-state index < -0.39 is 31.4 Å². The normalized spacial score (nSPS) is 12.6. The summed E-state index contributed by atoms with van der Waals surface area (Å²) in [5.41, 5.74) is -1.01. The van der Waals surface area contributed by atoms with Gasteiger partial charge in [0.1, 0.15) is 10.6 Å². The van der Waals surface area contributed by atoms with Crippen LogP contribution in [0.1, 0.15) is 5.56 Å². The van der Waals surface area contributed by atoms with Gasteiger partial charge in [-0.15, -0.1) is 0 Å². The number of hydrogen-bond donors (Lipinski definition) is 0. The van der Waals surface area contributed by atoms with E-state index in [1.54, 1.807) is 0 Å². The summed E-state index contributed by atoms with van der Waals surface area (Å²) in [7, 11) is 1.95. The molecule has 8 heteroatoms. The summed E-state index contributed by atoms with van der Waals surface area (Å²) < 4.78 is 63.4. The van der Waals surface area contributed by atoms with Gasteiger partial charge in [-0.3, -0.25) is 0 Å². The van der Waals surface area contributed by atoms with Gasteiger partial charge in [0.25, 0.3) is 9.05 Å². The summed E-state index contributed by atoms with van der Waals surface area (Å²) >= 11 is 0. The third kappa shape index (κ3) is 2.79. The maximum Gasteiger partial charge on any atom is 0.416 e. The third-order valence-electron chi connectivity index (χ3n) is 1.75. The molecule has 1 rings (SSSR count). The average Bonchev–Trinajstić information content (AvgIpc) is 2.14. The Hall–Kier alpha value is -0.950. The van der Waals surface area contributed by atoms with E-state index in [0.717, 1.165) is 13.2 Å². The van der Waals surface area contributed by atoms with Crippen LogP contribution in [0, 0.1) is 0 Å². The molecule has 16 heavy (non-hydrogen) atoms. The number of halogens is 4. The minimum atomic E-state index is -4.57. The SMILES string of the molecule is COc1cc(C(F)(F)F)ccc1S(=O)(=O)Cl. The lowest BCUT2D eigenvalue weighted by molar-refractivity contribution is -0.137. The van der Waals surface area contributed by atoms with Crippen LogP contribution in [0.2, 0.25) is 0 Å². The zero-order chi connectivity index (χ0) is 12.6. The number of rotatable bonds is 2. The fourth-order valence-corrected chi connectivity index (χ4v) is 2.04. The summed E-state index contributed by atoms with van der Waals surface area (Å²) in [5.74, 6) is -0.440. The minimum Gasteiger partial charge on any atom is -0.495 e. The predicted molar refractivity (Wildman–Crippen MR) is 51.0 cm³/mol. The van der Waals surface area contributed by atoms with Crippen LogP contribution in [0.4, 0.5) is 13.2 Å². The Bertz CT molecular complexity index is 496. The van der Waals surface area contributed by atoms with Gasteiger partial charge < -0.3 is 4.74 Å². The number of ether oxygens (including phenoxy) is 1. The topological polar surface area (TPSA) is 43.4 Å². The Morgan fingerprint density at radius 1 is 1.31 bits per heavy atom. The van der Waals surface area contributed by atoms with Crippen molar-refractivity contribution in [1.82, 2.24) is 0 Å². The molecule has 0 saturated carbocycles. The molecule has 1 aromatic carbocycles. The molecular weight excluding hydrogens is 269 g/mol. The lowest BCUT2D eigenvalue weighted by Crippen LogP contribution is -2.06. The predicted octanol–water partition coefficient (Wildman–Crippen LogP) is 2.64. The molecule has 0 N–H and O–H groups in total. The summed E-state index contributed by atoms with van der Waals surface area (Å²) in [4.78, 5) is -0.496. The molecule has 0 saturated heterocycles. The van der Waals surface area contributed by atoms with Crippen LogP contribution in [0.15, 0.2) is 23.1 Å². The maximum absolute atomic E-state index is 12.3. The van der Waals surface area contributed by atoms with E-state index in [9.17, 15) is 21.6 Å². The zero-order valence-electron chi connectivity index (χ0n) is 7.88. The number of methoxy groups -OCH3 is 1. The van der Waals surface area contributed by atoms with Crippen LogP contribution in [-0.4, -0.2) is 15.5 Å².